The van der Waals surface area contributed by atoms with Gasteiger partial charge < -0.3 is 9.80 Å². The first-order valence-corrected chi connectivity index (χ1v) is 7.76. The lowest BCUT2D eigenvalue weighted by Gasteiger charge is -2.21. The summed E-state index contributed by atoms with van der Waals surface area (Å²) in [6, 6.07) is 3.08. The molecule has 3 nitrogen and oxygen atoms in total. The predicted octanol–water partition coefficient (Wildman–Crippen LogP) is 2.51. The van der Waals surface area contributed by atoms with E-state index in [4.69, 9.17) is 0 Å². The van der Waals surface area contributed by atoms with Gasteiger partial charge in [0.15, 0.2) is 0 Å². The molecule has 0 aromatic heterocycles. The molecule has 0 unspecified atom stereocenters. The van der Waals surface area contributed by atoms with Crippen LogP contribution in [0.15, 0.2) is 18.2 Å². The van der Waals surface area contributed by atoms with Gasteiger partial charge in [0.2, 0.25) is 0 Å². The first-order chi connectivity index (χ1) is 9.61. The van der Waals surface area contributed by atoms with E-state index in [2.05, 4.69) is 20.8 Å². The lowest BCUT2D eigenvalue weighted by molar-refractivity contribution is 0.0757. The highest BCUT2D eigenvalue weighted by Gasteiger charge is 2.22. The van der Waals surface area contributed by atoms with Crippen molar-refractivity contribution >= 4 is 21.8 Å². The third kappa shape index (κ3) is 3.76. The summed E-state index contributed by atoms with van der Waals surface area (Å²) in [7, 11) is 0. The minimum atomic E-state index is -0.795. The van der Waals surface area contributed by atoms with Crippen molar-refractivity contribution in [2.24, 2.45) is 0 Å². The van der Waals surface area contributed by atoms with E-state index in [0.717, 1.165) is 43.5 Å². The first kappa shape index (κ1) is 15.4. The van der Waals surface area contributed by atoms with E-state index < -0.39 is 11.6 Å². The van der Waals surface area contributed by atoms with Crippen molar-refractivity contribution < 1.29 is 13.6 Å². The first-order valence-electron chi connectivity index (χ1n) is 6.64. The Morgan fingerprint density at radius 2 is 2.00 bits per heavy atom. The quantitative estimate of drug-likeness (QED) is 0.785. The lowest BCUT2D eigenvalue weighted by Crippen LogP contribution is -2.36. The Kier molecular flexibility index (Phi) is 5.48. The van der Waals surface area contributed by atoms with Crippen molar-refractivity contribution in [3.8, 4) is 0 Å². The number of benzene rings is 1. The number of hydrogen-bond donors (Lipinski definition) is 0. The molecule has 0 atom stereocenters. The van der Waals surface area contributed by atoms with Gasteiger partial charge in [-0.05, 0) is 25.1 Å². The smallest absolute Gasteiger partial charge is 0.256 e. The molecule has 1 heterocycles. The molecule has 0 bridgehead atoms. The molecule has 20 heavy (non-hydrogen) atoms. The topological polar surface area (TPSA) is 23.6 Å². The molecule has 1 aliphatic heterocycles. The Morgan fingerprint density at radius 1 is 1.20 bits per heavy atom. The van der Waals surface area contributed by atoms with E-state index in [0.29, 0.717) is 13.1 Å². The Morgan fingerprint density at radius 3 is 2.70 bits per heavy atom. The monoisotopic (exact) mass is 346 g/mol. The molecule has 1 aromatic rings. The molecule has 6 heteroatoms. The SMILES string of the molecule is O=C(c1ccc(F)cc1F)N1CCCN(CCBr)CC1. The summed E-state index contributed by atoms with van der Waals surface area (Å²) >= 11 is 3.40. The normalized spacial score (nSPS) is 17.1. The maximum Gasteiger partial charge on any atom is 0.256 e. The number of halogens is 3. The van der Waals surface area contributed by atoms with Crippen LogP contribution in [-0.4, -0.2) is 53.8 Å². The van der Waals surface area contributed by atoms with Crippen molar-refractivity contribution in [3.05, 3.63) is 35.4 Å². The summed E-state index contributed by atoms with van der Waals surface area (Å²) < 4.78 is 26.5. The van der Waals surface area contributed by atoms with Crippen molar-refractivity contribution in [1.29, 1.82) is 0 Å². The molecule has 1 aromatic carbocycles. The second kappa shape index (κ2) is 7.13. The maximum atomic E-state index is 13.7. The fourth-order valence-electron chi connectivity index (χ4n) is 2.35. The van der Waals surface area contributed by atoms with Crippen LogP contribution in [0, 0.1) is 11.6 Å². The minimum absolute atomic E-state index is 0.0552. The van der Waals surface area contributed by atoms with Crippen LogP contribution in [0.2, 0.25) is 0 Å². The van der Waals surface area contributed by atoms with Crippen LogP contribution < -0.4 is 0 Å². The van der Waals surface area contributed by atoms with Gasteiger partial charge in [0.05, 0.1) is 5.56 Å². The van der Waals surface area contributed by atoms with Crippen LogP contribution in [0.5, 0.6) is 0 Å². The summed E-state index contributed by atoms with van der Waals surface area (Å²) in [5.41, 5.74) is -0.0552. The molecule has 0 radical (unpaired) electrons. The zero-order valence-electron chi connectivity index (χ0n) is 11.1. The second-order valence-electron chi connectivity index (χ2n) is 4.80. The zero-order chi connectivity index (χ0) is 14.5. The van der Waals surface area contributed by atoms with Crippen molar-refractivity contribution in [1.82, 2.24) is 9.80 Å². The number of nitrogens with zero attached hydrogens (tertiary/aromatic N) is 2. The Labute approximate surface area is 125 Å². The van der Waals surface area contributed by atoms with Gasteiger partial charge >= 0.3 is 0 Å². The molecule has 1 aliphatic rings. The van der Waals surface area contributed by atoms with Crippen LogP contribution in [0.4, 0.5) is 8.78 Å². The van der Waals surface area contributed by atoms with Crippen LogP contribution in [-0.2, 0) is 0 Å². The average molecular weight is 347 g/mol. The standard InChI is InChI=1S/C14H17BrF2N2O/c15-4-7-18-5-1-6-19(9-8-18)14(20)12-3-2-11(16)10-13(12)17/h2-3,10H,1,4-9H2. The van der Waals surface area contributed by atoms with Crippen LogP contribution in [0.1, 0.15) is 16.8 Å². The number of alkyl halides is 1. The van der Waals surface area contributed by atoms with Gasteiger partial charge in [0, 0.05) is 37.6 Å². The predicted molar refractivity (Wildman–Crippen MR) is 77.1 cm³/mol. The van der Waals surface area contributed by atoms with E-state index >= 15 is 0 Å². The van der Waals surface area contributed by atoms with Gasteiger partial charge in [0.1, 0.15) is 11.6 Å². The van der Waals surface area contributed by atoms with E-state index in [1.165, 1.54) is 6.07 Å². The molecule has 0 aliphatic carbocycles. The molecule has 0 spiro atoms. The third-order valence-electron chi connectivity index (χ3n) is 3.44. The molecule has 1 fully saturated rings. The van der Waals surface area contributed by atoms with Crippen molar-refractivity contribution in [2.75, 3.05) is 38.1 Å². The highest BCUT2D eigenvalue weighted by molar-refractivity contribution is 9.09. The summed E-state index contributed by atoms with van der Waals surface area (Å²) in [5.74, 6) is -1.82. The Balaban J connectivity index is 2.05. The molecule has 110 valence electrons. The van der Waals surface area contributed by atoms with Gasteiger partial charge in [-0.2, -0.15) is 0 Å². The third-order valence-corrected chi connectivity index (χ3v) is 3.79. The fourth-order valence-corrected chi connectivity index (χ4v) is 2.85. The van der Waals surface area contributed by atoms with Gasteiger partial charge in [-0.25, -0.2) is 8.78 Å². The van der Waals surface area contributed by atoms with Crippen LogP contribution in [0.25, 0.3) is 0 Å². The highest BCUT2D eigenvalue weighted by Crippen LogP contribution is 2.14. The largest absolute Gasteiger partial charge is 0.337 e. The highest BCUT2D eigenvalue weighted by atomic mass is 79.9. The van der Waals surface area contributed by atoms with Crippen molar-refractivity contribution in [2.45, 2.75) is 6.42 Å². The molecular weight excluding hydrogens is 330 g/mol. The number of hydrogen-bond acceptors (Lipinski definition) is 2. The molecule has 2 rings (SSSR count). The van der Waals surface area contributed by atoms with Gasteiger partial charge in [0.25, 0.3) is 5.91 Å². The molecule has 0 N–H and O–H groups in total. The Bertz CT molecular complexity index is 484. The zero-order valence-corrected chi connectivity index (χ0v) is 12.7. The minimum Gasteiger partial charge on any atom is -0.337 e. The number of carbonyl (C=O) groups is 1. The number of carbonyl (C=O) groups excluding carboxylic acids is 1. The summed E-state index contributed by atoms with van der Waals surface area (Å²) in [5, 5.41) is 0.896. The molecule has 1 amide bonds. The molecule has 1 saturated heterocycles. The van der Waals surface area contributed by atoms with E-state index in [1.807, 2.05) is 0 Å². The summed E-state index contributed by atoms with van der Waals surface area (Å²) in [4.78, 5) is 16.2. The second-order valence-corrected chi connectivity index (χ2v) is 5.59. The van der Waals surface area contributed by atoms with E-state index in [-0.39, 0.29) is 11.5 Å². The molecule has 0 saturated carbocycles. The van der Waals surface area contributed by atoms with E-state index in [9.17, 15) is 13.6 Å². The number of rotatable bonds is 3. The van der Waals surface area contributed by atoms with E-state index in [1.54, 1.807) is 4.90 Å². The van der Waals surface area contributed by atoms with Gasteiger partial charge in [-0.3, -0.25) is 4.79 Å². The Hall–Kier alpha value is -1.01. The maximum absolute atomic E-state index is 13.7. The van der Waals surface area contributed by atoms with Crippen molar-refractivity contribution in [3.63, 3.8) is 0 Å². The average Bonchev–Trinajstić information content (AvgIpc) is 2.64. The van der Waals surface area contributed by atoms with Gasteiger partial charge in [-0.1, -0.05) is 15.9 Å². The van der Waals surface area contributed by atoms with Gasteiger partial charge in [-0.15, -0.1) is 0 Å². The molecular formula is C14H17BrF2N2O. The fraction of sp³-hybridized carbons (Fsp3) is 0.500. The number of amides is 1. The van der Waals surface area contributed by atoms with Crippen LogP contribution in [0.3, 0.4) is 0 Å². The summed E-state index contributed by atoms with van der Waals surface area (Å²) in [6.07, 6.45) is 0.863. The lowest BCUT2D eigenvalue weighted by atomic mass is 10.1. The summed E-state index contributed by atoms with van der Waals surface area (Å²) in [6.45, 7) is 3.82. The van der Waals surface area contributed by atoms with Crippen LogP contribution >= 0.6 is 15.9 Å².